The Labute approximate surface area is 116 Å². The van der Waals surface area contributed by atoms with Crippen LogP contribution in [0.3, 0.4) is 0 Å². The van der Waals surface area contributed by atoms with Crippen LogP contribution in [0.5, 0.6) is 0 Å². The first-order chi connectivity index (χ1) is 9.22. The van der Waals surface area contributed by atoms with E-state index in [2.05, 4.69) is 74.6 Å². The van der Waals surface area contributed by atoms with Gasteiger partial charge in [-0.3, -0.25) is 0 Å². The monoisotopic (exact) mass is 253 g/mol. The minimum atomic E-state index is 0.519. The van der Waals surface area contributed by atoms with Crippen molar-refractivity contribution in [2.75, 3.05) is 11.9 Å². The molecule has 19 heavy (non-hydrogen) atoms. The summed E-state index contributed by atoms with van der Waals surface area (Å²) in [4.78, 5) is 0. The van der Waals surface area contributed by atoms with Gasteiger partial charge in [0, 0.05) is 12.2 Å². The minimum Gasteiger partial charge on any atom is -0.384 e. The molecule has 0 aliphatic rings. The van der Waals surface area contributed by atoms with E-state index in [1.54, 1.807) is 0 Å². The van der Waals surface area contributed by atoms with E-state index >= 15 is 0 Å². The maximum atomic E-state index is 3.63. The molecule has 0 spiro atoms. The Kier molecular flexibility index (Phi) is 4.62. The molecule has 1 unspecified atom stereocenters. The second-order valence-corrected chi connectivity index (χ2v) is 5.16. The third-order valence-corrected chi connectivity index (χ3v) is 3.69. The second kappa shape index (κ2) is 6.42. The molecule has 0 saturated carbocycles. The predicted molar refractivity (Wildman–Crippen MR) is 83.9 cm³/mol. The lowest BCUT2D eigenvalue weighted by atomic mass is 10.00. The SMILES string of the molecule is CCc1cccc(C)c1NCC(C)c1ccccc1. The Hall–Kier alpha value is -1.76. The molecule has 0 radical (unpaired) electrons. The van der Waals surface area contributed by atoms with Gasteiger partial charge in [-0.15, -0.1) is 0 Å². The molecule has 2 rings (SSSR count). The zero-order valence-corrected chi connectivity index (χ0v) is 12.1. The first-order valence-electron chi connectivity index (χ1n) is 7.09. The number of aryl methyl sites for hydroxylation is 2. The highest BCUT2D eigenvalue weighted by atomic mass is 14.9. The fourth-order valence-electron chi connectivity index (χ4n) is 2.43. The molecular formula is C18H23N. The van der Waals surface area contributed by atoms with E-state index in [1.807, 2.05) is 0 Å². The van der Waals surface area contributed by atoms with Crippen molar-refractivity contribution in [2.45, 2.75) is 33.1 Å². The van der Waals surface area contributed by atoms with Crippen molar-refractivity contribution in [2.24, 2.45) is 0 Å². The summed E-state index contributed by atoms with van der Waals surface area (Å²) < 4.78 is 0. The maximum absolute atomic E-state index is 3.63. The third-order valence-electron chi connectivity index (χ3n) is 3.69. The van der Waals surface area contributed by atoms with Gasteiger partial charge in [-0.05, 0) is 36.0 Å². The second-order valence-electron chi connectivity index (χ2n) is 5.16. The summed E-state index contributed by atoms with van der Waals surface area (Å²) in [6.07, 6.45) is 1.07. The van der Waals surface area contributed by atoms with Crippen LogP contribution in [-0.4, -0.2) is 6.54 Å². The summed E-state index contributed by atoms with van der Waals surface area (Å²) in [7, 11) is 0. The van der Waals surface area contributed by atoms with E-state index in [0.717, 1.165) is 13.0 Å². The average Bonchev–Trinajstić information content (AvgIpc) is 2.46. The molecule has 0 aromatic heterocycles. The van der Waals surface area contributed by atoms with Gasteiger partial charge in [-0.25, -0.2) is 0 Å². The van der Waals surface area contributed by atoms with E-state index in [0.29, 0.717) is 5.92 Å². The number of rotatable bonds is 5. The van der Waals surface area contributed by atoms with Crippen LogP contribution in [0.1, 0.15) is 36.5 Å². The Morgan fingerprint density at radius 1 is 1.00 bits per heavy atom. The Bertz CT molecular complexity index is 516. The molecule has 0 heterocycles. The number of hydrogen-bond acceptors (Lipinski definition) is 1. The van der Waals surface area contributed by atoms with Crippen LogP contribution in [0.25, 0.3) is 0 Å². The van der Waals surface area contributed by atoms with Crippen LogP contribution >= 0.6 is 0 Å². The topological polar surface area (TPSA) is 12.0 Å². The molecule has 0 fully saturated rings. The van der Waals surface area contributed by atoms with Crippen molar-refractivity contribution in [1.29, 1.82) is 0 Å². The van der Waals surface area contributed by atoms with Gasteiger partial charge in [0.15, 0.2) is 0 Å². The maximum Gasteiger partial charge on any atom is 0.0402 e. The Morgan fingerprint density at radius 2 is 1.74 bits per heavy atom. The first kappa shape index (κ1) is 13.7. The number of para-hydroxylation sites is 1. The summed E-state index contributed by atoms with van der Waals surface area (Å²) in [5.74, 6) is 0.519. The summed E-state index contributed by atoms with van der Waals surface area (Å²) >= 11 is 0. The molecule has 100 valence electrons. The van der Waals surface area contributed by atoms with Gasteiger partial charge >= 0.3 is 0 Å². The fourth-order valence-corrected chi connectivity index (χ4v) is 2.43. The van der Waals surface area contributed by atoms with Crippen LogP contribution < -0.4 is 5.32 Å². The molecule has 0 saturated heterocycles. The Morgan fingerprint density at radius 3 is 2.42 bits per heavy atom. The van der Waals surface area contributed by atoms with Gasteiger partial charge in [-0.2, -0.15) is 0 Å². The van der Waals surface area contributed by atoms with Gasteiger partial charge in [0.05, 0.1) is 0 Å². The van der Waals surface area contributed by atoms with Crippen LogP contribution in [0, 0.1) is 6.92 Å². The number of anilines is 1. The largest absolute Gasteiger partial charge is 0.384 e. The number of hydrogen-bond donors (Lipinski definition) is 1. The lowest BCUT2D eigenvalue weighted by molar-refractivity contribution is 0.802. The predicted octanol–water partition coefficient (Wildman–Crippen LogP) is 4.77. The standard InChI is InChI=1S/C18H23N/c1-4-16-12-8-9-14(2)18(16)19-13-15(3)17-10-6-5-7-11-17/h5-12,15,19H,4,13H2,1-3H3. The third kappa shape index (κ3) is 3.37. The van der Waals surface area contributed by atoms with E-state index in [9.17, 15) is 0 Å². The average molecular weight is 253 g/mol. The van der Waals surface area contributed by atoms with Crippen molar-refractivity contribution >= 4 is 5.69 Å². The van der Waals surface area contributed by atoms with E-state index in [-0.39, 0.29) is 0 Å². The summed E-state index contributed by atoms with van der Waals surface area (Å²) in [5.41, 5.74) is 5.44. The molecule has 1 N–H and O–H groups in total. The molecule has 0 bridgehead atoms. The highest BCUT2D eigenvalue weighted by Gasteiger charge is 2.07. The van der Waals surface area contributed by atoms with Crippen LogP contribution in [-0.2, 0) is 6.42 Å². The molecule has 1 atom stereocenters. The summed E-state index contributed by atoms with van der Waals surface area (Å²) in [6, 6.07) is 17.2. The number of nitrogens with one attached hydrogen (secondary N) is 1. The van der Waals surface area contributed by atoms with Gasteiger partial charge in [0.1, 0.15) is 0 Å². The van der Waals surface area contributed by atoms with Gasteiger partial charge in [-0.1, -0.05) is 62.4 Å². The molecule has 0 aliphatic heterocycles. The zero-order valence-electron chi connectivity index (χ0n) is 12.1. The van der Waals surface area contributed by atoms with Crippen molar-refractivity contribution in [3.05, 3.63) is 65.2 Å². The summed E-state index contributed by atoms with van der Waals surface area (Å²) in [5, 5.41) is 3.63. The normalized spacial score (nSPS) is 12.2. The Balaban J connectivity index is 2.07. The summed E-state index contributed by atoms with van der Waals surface area (Å²) in [6.45, 7) is 7.63. The molecule has 0 aliphatic carbocycles. The van der Waals surface area contributed by atoms with Crippen molar-refractivity contribution < 1.29 is 0 Å². The molecular weight excluding hydrogens is 230 g/mol. The quantitative estimate of drug-likeness (QED) is 0.809. The highest BCUT2D eigenvalue weighted by Crippen LogP contribution is 2.23. The lowest BCUT2D eigenvalue weighted by Crippen LogP contribution is -2.12. The minimum absolute atomic E-state index is 0.519. The van der Waals surface area contributed by atoms with Crippen molar-refractivity contribution in [1.82, 2.24) is 0 Å². The van der Waals surface area contributed by atoms with Crippen LogP contribution in [0.2, 0.25) is 0 Å². The highest BCUT2D eigenvalue weighted by molar-refractivity contribution is 5.57. The van der Waals surface area contributed by atoms with Crippen molar-refractivity contribution in [3.63, 3.8) is 0 Å². The first-order valence-corrected chi connectivity index (χ1v) is 7.09. The number of benzene rings is 2. The van der Waals surface area contributed by atoms with E-state index < -0.39 is 0 Å². The molecule has 0 amide bonds. The molecule has 1 heteroatoms. The van der Waals surface area contributed by atoms with Gasteiger partial charge < -0.3 is 5.32 Å². The van der Waals surface area contributed by atoms with E-state index in [4.69, 9.17) is 0 Å². The van der Waals surface area contributed by atoms with Gasteiger partial charge in [0.25, 0.3) is 0 Å². The molecule has 2 aromatic carbocycles. The smallest absolute Gasteiger partial charge is 0.0402 e. The molecule has 1 nitrogen and oxygen atoms in total. The van der Waals surface area contributed by atoms with Crippen LogP contribution in [0.4, 0.5) is 5.69 Å². The fraction of sp³-hybridized carbons (Fsp3) is 0.333. The van der Waals surface area contributed by atoms with Crippen molar-refractivity contribution in [3.8, 4) is 0 Å². The van der Waals surface area contributed by atoms with E-state index in [1.165, 1.54) is 22.4 Å². The lowest BCUT2D eigenvalue weighted by Gasteiger charge is -2.18. The van der Waals surface area contributed by atoms with Gasteiger partial charge in [0.2, 0.25) is 0 Å². The zero-order chi connectivity index (χ0) is 13.7. The van der Waals surface area contributed by atoms with Crippen LogP contribution in [0.15, 0.2) is 48.5 Å². The molecule has 2 aromatic rings.